The van der Waals surface area contributed by atoms with Crippen molar-refractivity contribution in [3.05, 3.63) is 60.3 Å². The van der Waals surface area contributed by atoms with Crippen LogP contribution < -0.4 is 10.1 Å². The lowest BCUT2D eigenvalue weighted by Gasteiger charge is -2.22. The van der Waals surface area contributed by atoms with E-state index in [1.165, 1.54) is 0 Å². The molecule has 26 heavy (non-hydrogen) atoms. The van der Waals surface area contributed by atoms with Gasteiger partial charge in [0.15, 0.2) is 5.69 Å². The second-order valence-electron chi connectivity index (χ2n) is 6.23. The zero-order valence-electron chi connectivity index (χ0n) is 14.2. The first-order valence-corrected chi connectivity index (χ1v) is 8.67. The molecule has 6 nitrogen and oxygen atoms in total. The smallest absolute Gasteiger partial charge is 0.272 e. The molecule has 2 heterocycles. The lowest BCUT2D eigenvalue weighted by atomic mass is 10.1. The Morgan fingerprint density at radius 2 is 1.81 bits per heavy atom. The molecule has 132 valence electrons. The summed E-state index contributed by atoms with van der Waals surface area (Å²) in [6.07, 6.45) is 1.64. The first kappa shape index (κ1) is 16.5. The average molecular weight is 349 g/mol. The highest BCUT2D eigenvalue weighted by Gasteiger charge is 2.18. The van der Waals surface area contributed by atoms with Crippen molar-refractivity contribution in [2.75, 3.05) is 13.2 Å². The molecule has 0 bridgehead atoms. The Labute approximate surface area is 151 Å². The molecular formula is C20H19N3O3. The van der Waals surface area contributed by atoms with Crippen molar-refractivity contribution in [3.63, 3.8) is 0 Å². The predicted octanol–water partition coefficient (Wildman–Crippen LogP) is 3.33. The molecule has 0 radical (unpaired) electrons. The van der Waals surface area contributed by atoms with E-state index >= 15 is 0 Å². The number of nitrogens with zero attached hydrogens (tertiary/aromatic N) is 2. The molecular weight excluding hydrogens is 330 g/mol. The first-order valence-electron chi connectivity index (χ1n) is 8.67. The summed E-state index contributed by atoms with van der Waals surface area (Å²) in [6.45, 7) is 1.35. The molecule has 1 amide bonds. The van der Waals surface area contributed by atoms with Gasteiger partial charge in [-0.05, 0) is 41.8 Å². The van der Waals surface area contributed by atoms with E-state index < -0.39 is 0 Å². The number of hydrogen-bond donors (Lipinski definition) is 1. The van der Waals surface area contributed by atoms with Crippen molar-refractivity contribution in [2.45, 2.75) is 18.9 Å². The van der Waals surface area contributed by atoms with Crippen LogP contribution in [0, 0.1) is 0 Å². The Bertz CT molecular complexity index is 906. The molecule has 2 aromatic carbocycles. The Morgan fingerprint density at radius 3 is 2.58 bits per heavy atom. The number of amides is 1. The molecule has 1 aromatic heterocycles. The summed E-state index contributed by atoms with van der Waals surface area (Å²) in [5, 5.41) is 13.2. The van der Waals surface area contributed by atoms with Crippen LogP contribution >= 0.6 is 0 Å². The summed E-state index contributed by atoms with van der Waals surface area (Å²) in [5.41, 5.74) is 0.280. The van der Waals surface area contributed by atoms with Crippen molar-refractivity contribution in [1.82, 2.24) is 15.5 Å². The van der Waals surface area contributed by atoms with E-state index in [-0.39, 0.29) is 17.6 Å². The highest BCUT2D eigenvalue weighted by Crippen LogP contribution is 2.24. The van der Waals surface area contributed by atoms with Gasteiger partial charge in [0.05, 0.1) is 0 Å². The molecule has 1 N–H and O–H groups in total. The maximum Gasteiger partial charge on any atom is 0.272 e. The molecule has 1 saturated heterocycles. The van der Waals surface area contributed by atoms with Crippen LogP contribution in [0.2, 0.25) is 0 Å². The number of nitrogens with one attached hydrogen (secondary N) is 1. The van der Waals surface area contributed by atoms with E-state index in [1.807, 2.05) is 42.5 Å². The number of carbonyl (C=O) groups is 1. The van der Waals surface area contributed by atoms with E-state index in [1.54, 1.807) is 12.1 Å². The second-order valence-corrected chi connectivity index (χ2v) is 6.23. The van der Waals surface area contributed by atoms with Gasteiger partial charge in [-0.3, -0.25) is 4.79 Å². The minimum Gasteiger partial charge on any atom is -0.438 e. The third-order valence-electron chi connectivity index (χ3n) is 4.37. The normalized spacial score (nSPS) is 14.9. The maximum absolute atomic E-state index is 12.2. The molecule has 1 fully saturated rings. The lowest BCUT2D eigenvalue weighted by Crippen LogP contribution is -2.39. The van der Waals surface area contributed by atoms with E-state index in [9.17, 15) is 4.79 Å². The van der Waals surface area contributed by atoms with Gasteiger partial charge >= 0.3 is 0 Å². The number of rotatable bonds is 4. The van der Waals surface area contributed by atoms with Gasteiger partial charge in [0.1, 0.15) is 5.75 Å². The third-order valence-corrected chi connectivity index (χ3v) is 4.37. The van der Waals surface area contributed by atoms with Gasteiger partial charge in [0, 0.05) is 25.3 Å². The topological polar surface area (TPSA) is 73.3 Å². The van der Waals surface area contributed by atoms with Crippen LogP contribution in [0.15, 0.2) is 54.6 Å². The van der Waals surface area contributed by atoms with Gasteiger partial charge in [-0.2, -0.15) is 0 Å². The largest absolute Gasteiger partial charge is 0.438 e. The van der Waals surface area contributed by atoms with Gasteiger partial charge in [-0.25, -0.2) is 0 Å². The average Bonchev–Trinajstić information content (AvgIpc) is 2.69. The van der Waals surface area contributed by atoms with Crippen LogP contribution in [0.5, 0.6) is 11.6 Å². The summed E-state index contributed by atoms with van der Waals surface area (Å²) in [4.78, 5) is 12.2. The van der Waals surface area contributed by atoms with Crippen LogP contribution in [0.3, 0.4) is 0 Å². The standard InChI is InChI=1S/C20H19N3O3/c24-20(21-16-9-11-25-12-10-16)18-7-8-19(23-22-18)26-17-6-5-14-3-1-2-4-15(14)13-17/h1-8,13,16H,9-12H2,(H,21,24). The summed E-state index contributed by atoms with van der Waals surface area (Å²) in [5.74, 6) is 0.807. The van der Waals surface area contributed by atoms with Crippen molar-refractivity contribution in [1.29, 1.82) is 0 Å². The SMILES string of the molecule is O=C(NC1CCOCC1)c1ccc(Oc2ccc3ccccc3c2)nn1. The van der Waals surface area contributed by atoms with E-state index in [2.05, 4.69) is 15.5 Å². The van der Waals surface area contributed by atoms with E-state index in [4.69, 9.17) is 9.47 Å². The highest BCUT2D eigenvalue weighted by atomic mass is 16.5. The summed E-state index contributed by atoms with van der Waals surface area (Å²) < 4.78 is 11.0. The fourth-order valence-corrected chi connectivity index (χ4v) is 2.95. The van der Waals surface area contributed by atoms with Crippen molar-refractivity contribution in [2.24, 2.45) is 0 Å². The molecule has 0 saturated carbocycles. The Kier molecular flexibility index (Phi) is 4.75. The van der Waals surface area contributed by atoms with Crippen molar-refractivity contribution >= 4 is 16.7 Å². The van der Waals surface area contributed by atoms with Gasteiger partial charge in [0.25, 0.3) is 5.91 Å². The molecule has 1 aliphatic rings. The predicted molar refractivity (Wildman–Crippen MR) is 97.4 cm³/mol. The Balaban J connectivity index is 1.42. The quantitative estimate of drug-likeness (QED) is 0.782. The summed E-state index contributed by atoms with van der Waals surface area (Å²) >= 11 is 0. The highest BCUT2D eigenvalue weighted by molar-refractivity contribution is 5.92. The molecule has 3 aromatic rings. The number of carbonyl (C=O) groups excluding carboxylic acids is 1. The van der Waals surface area contributed by atoms with Gasteiger partial charge in [-0.15, -0.1) is 10.2 Å². The number of ether oxygens (including phenoxy) is 2. The lowest BCUT2D eigenvalue weighted by molar-refractivity contribution is 0.0693. The number of fused-ring (bicyclic) bond motifs is 1. The third kappa shape index (κ3) is 3.81. The zero-order valence-corrected chi connectivity index (χ0v) is 14.2. The molecule has 1 aliphatic heterocycles. The molecule has 0 atom stereocenters. The fraction of sp³-hybridized carbons (Fsp3) is 0.250. The van der Waals surface area contributed by atoms with Crippen molar-refractivity contribution < 1.29 is 14.3 Å². The van der Waals surface area contributed by atoms with Crippen LogP contribution in [-0.4, -0.2) is 35.4 Å². The van der Waals surface area contributed by atoms with Crippen LogP contribution in [0.25, 0.3) is 10.8 Å². The first-order chi connectivity index (χ1) is 12.8. The Hall–Kier alpha value is -2.99. The molecule has 0 unspecified atom stereocenters. The minimum absolute atomic E-state index is 0.131. The summed E-state index contributed by atoms with van der Waals surface area (Å²) in [7, 11) is 0. The summed E-state index contributed by atoms with van der Waals surface area (Å²) in [6, 6.07) is 17.3. The van der Waals surface area contributed by atoms with Crippen LogP contribution in [-0.2, 0) is 4.74 Å². The van der Waals surface area contributed by atoms with Gasteiger partial charge < -0.3 is 14.8 Å². The number of benzene rings is 2. The maximum atomic E-state index is 12.2. The van der Waals surface area contributed by atoms with Gasteiger partial charge in [-0.1, -0.05) is 30.3 Å². The minimum atomic E-state index is -0.221. The molecule has 4 rings (SSSR count). The molecule has 0 spiro atoms. The van der Waals surface area contributed by atoms with Gasteiger partial charge in [0.2, 0.25) is 5.88 Å². The van der Waals surface area contributed by atoms with Crippen molar-refractivity contribution in [3.8, 4) is 11.6 Å². The zero-order chi connectivity index (χ0) is 17.8. The molecule has 0 aliphatic carbocycles. The van der Waals surface area contributed by atoms with E-state index in [0.717, 1.165) is 23.6 Å². The fourth-order valence-electron chi connectivity index (χ4n) is 2.95. The van der Waals surface area contributed by atoms with Crippen LogP contribution in [0.1, 0.15) is 23.3 Å². The molecule has 6 heteroatoms. The van der Waals surface area contributed by atoms with Crippen LogP contribution in [0.4, 0.5) is 0 Å². The monoisotopic (exact) mass is 349 g/mol. The van der Waals surface area contributed by atoms with E-state index in [0.29, 0.717) is 24.8 Å². The number of aromatic nitrogens is 2. The second kappa shape index (κ2) is 7.49. The Morgan fingerprint density at radius 1 is 1.00 bits per heavy atom. The number of hydrogen-bond acceptors (Lipinski definition) is 5.